The summed E-state index contributed by atoms with van der Waals surface area (Å²) < 4.78 is 40.3. The molecule has 2 amide bonds. The number of nitrogens with zero attached hydrogens (tertiary/aromatic N) is 4. The van der Waals surface area contributed by atoms with Crippen molar-refractivity contribution in [1.29, 1.82) is 0 Å². The number of aromatic nitrogens is 3. The molecule has 1 aliphatic rings. The van der Waals surface area contributed by atoms with Crippen LogP contribution in [0.25, 0.3) is 11.0 Å². The van der Waals surface area contributed by atoms with Crippen LogP contribution in [0.3, 0.4) is 0 Å². The Hall–Kier alpha value is -3.10. The zero-order valence-electron chi connectivity index (χ0n) is 15.6. The van der Waals surface area contributed by atoms with Crippen molar-refractivity contribution in [1.82, 2.24) is 25.2 Å². The highest BCUT2D eigenvalue weighted by atomic mass is 19.4. The van der Waals surface area contributed by atoms with Crippen LogP contribution in [0.2, 0.25) is 0 Å². The number of benzene rings is 2. The van der Waals surface area contributed by atoms with E-state index in [1.807, 2.05) is 30.3 Å². The summed E-state index contributed by atoms with van der Waals surface area (Å²) in [5.41, 5.74) is 1.10. The molecule has 9 heteroatoms. The van der Waals surface area contributed by atoms with Gasteiger partial charge in [-0.25, -0.2) is 9.48 Å². The Morgan fingerprint density at radius 3 is 2.52 bits per heavy atom. The summed E-state index contributed by atoms with van der Waals surface area (Å²) in [5.74, 6) is 0. The van der Waals surface area contributed by atoms with Crippen molar-refractivity contribution in [3.63, 3.8) is 0 Å². The van der Waals surface area contributed by atoms with Gasteiger partial charge in [0.05, 0.1) is 17.1 Å². The lowest BCUT2D eigenvalue weighted by Gasteiger charge is -2.32. The van der Waals surface area contributed by atoms with E-state index in [1.54, 1.807) is 9.58 Å². The van der Waals surface area contributed by atoms with Crippen LogP contribution >= 0.6 is 0 Å². The Labute approximate surface area is 165 Å². The molecule has 1 aliphatic heterocycles. The van der Waals surface area contributed by atoms with E-state index < -0.39 is 11.7 Å². The van der Waals surface area contributed by atoms with E-state index in [4.69, 9.17) is 0 Å². The fraction of sp³-hybridized carbons (Fsp3) is 0.350. The SMILES string of the molecule is O=C(NCc1ccccc1)N1CCC(n2nnc3cc(C(F)(F)F)ccc32)CC1. The maximum Gasteiger partial charge on any atom is 0.416 e. The van der Waals surface area contributed by atoms with E-state index in [9.17, 15) is 18.0 Å². The Morgan fingerprint density at radius 1 is 1.10 bits per heavy atom. The van der Waals surface area contributed by atoms with Crippen LogP contribution in [0.1, 0.15) is 30.0 Å². The average molecular weight is 403 g/mol. The van der Waals surface area contributed by atoms with E-state index in [2.05, 4.69) is 15.6 Å². The van der Waals surface area contributed by atoms with Crippen LogP contribution in [0, 0.1) is 0 Å². The summed E-state index contributed by atoms with van der Waals surface area (Å²) in [6.45, 7) is 1.56. The van der Waals surface area contributed by atoms with E-state index in [0.29, 0.717) is 38.0 Å². The van der Waals surface area contributed by atoms with Crippen LogP contribution in [-0.2, 0) is 12.7 Å². The number of nitrogens with one attached hydrogen (secondary N) is 1. The van der Waals surface area contributed by atoms with Gasteiger partial charge in [-0.3, -0.25) is 0 Å². The number of carbonyl (C=O) groups is 1. The summed E-state index contributed by atoms with van der Waals surface area (Å²) in [7, 11) is 0. The third kappa shape index (κ3) is 4.18. The van der Waals surface area contributed by atoms with Crippen molar-refractivity contribution >= 4 is 17.1 Å². The quantitative estimate of drug-likeness (QED) is 0.719. The molecule has 1 saturated heterocycles. The van der Waals surface area contributed by atoms with E-state index >= 15 is 0 Å². The lowest BCUT2D eigenvalue weighted by molar-refractivity contribution is -0.137. The molecule has 0 spiro atoms. The predicted octanol–water partition coefficient (Wildman–Crippen LogP) is 4.00. The minimum absolute atomic E-state index is 0.00471. The second-order valence-electron chi connectivity index (χ2n) is 7.10. The van der Waals surface area contributed by atoms with Crippen molar-refractivity contribution in [2.24, 2.45) is 0 Å². The molecule has 6 nitrogen and oxygen atoms in total. The third-order valence-electron chi connectivity index (χ3n) is 5.18. The Kier molecular flexibility index (Phi) is 5.12. The standard InChI is InChI=1S/C20H20F3N5O/c21-20(22,23)15-6-7-18-17(12-15)25-26-28(18)16-8-10-27(11-9-16)19(29)24-13-14-4-2-1-3-5-14/h1-7,12,16H,8-11,13H2,(H,24,29). The molecule has 152 valence electrons. The van der Waals surface area contributed by atoms with Gasteiger partial charge < -0.3 is 10.2 Å². The molecule has 0 saturated carbocycles. The van der Waals surface area contributed by atoms with E-state index in [0.717, 1.165) is 17.7 Å². The summed E-state index contributed by atoms with van der Waals surface area (Å²) in [4.78, 5) is 14.1. The number of likely N-dealkylation sites (tertiary alicyclic amines) is 1. The summed E-state index contributed by atoms with van der Waals surface area (Å²) in [5, 5.41) is 10.9. The second-order valence-corrected chi connectivity index (χ2v) is 7.10. The number of urea groups is 1. The van der Waals surface area contributed by atoms with Gasteiger partial charge in [0.1, 0.15) is 5.52 Å². The van der Waals surface area contributed by atoms with Gasteiger partial charge in [-0.1, -0.05) is 35.5 Å². The molecular weight excluding hydrogens is 383 g/mol. The number of piperidine rings is 1. The molecule has 0 unspecified atom stereocenters. The number of rotatable bonds is 3. The van der Waals surface area contributed by atoms with Gasteiger partial charge in [-0.15, -0.1) is 5.10 Å². The molecular formula is C20H20F3N5O. The minimum atomic E-state index is -4.41. The molecule has 0 radical (unpaired) electrons. The monoisotopic (exact) mass is 403 g/mol. The van der Waals surface area contributed by atoms with Crippen LogP contribution in [-0.4, -0.2) is 39.0 Å². The highest BCUT2D eigenvalue weighted by molar-refractivity contribution is 5.76. The molecule has 1 fully saturated rings. The minimum Gasteiger partial charge on any atom is -0.334 e. The largest absolute Gasteiger partial charge is 0.416 e. The van der Waals surface area contributed by atoms with Gasteiger partial charge in [0.25, 0.3) is 0 Å². The molecule has 0 aliphatic carbocycles. The number of hydrogen-bond acceptors (Lipinski definition) is 3. The highest BCUT2D eigenvalue weighted by Crippen LogP contribution is 2.32. The topological polar surface area (TPSA) is 63.1 Å². The molecule has 3 aromatic rings. The average Bonchev–Trinajstić information content (AvgIpc) is 3.15. The van der Waals surface area contributed by atoms with Crippen molar-refractivity contribution in [2.75, 3.05) is 13.1 Å². The molecule has 1 aromatic heterocycles. The molecule has 0 atom stereocenters. The fourth-order valence-electron chi connectivity index (χ4n) is 3.59. The van der Waals surface area contributed by atoms with Crippen molar-refractivity contribution in [3.8, 4) is 0 Å². The number of alkyl halides is 3. The van der Waals surface area contributed by atoms with Gasteiger partial charge >= 0.3 is 12.2 Å². The van der Waals surface area contributed by atoms with Crippen molar-refractivity contribution in [3.05, 3.63) is 59.7 Å². The Bertz CT molecular complexity index is 994. The smallest absolute Gasteiger partial charge is 0.334 e. The molecule has 4 rings (SSSR count). The third-order valence-corrected chi connectivity index (χ3v) is 5.18. The van der Waals surface area contributed by atoms with Crippen LogP contribution < -0.4 is 5.32 Å². The van der Waals surface area contributed by atoms with E-state index in [-0.39, 0.29) is 17.6 Å². The van der Waals surface area contributed by atoms with E-state index in [1.165, 1.54) is 6.07 Å². The first-order valence-electron chi connectivity index (χ1n) is 9.40. The predicted molar refractivity (Wildman–Crippen MR) is 101 cm³/mol. The molecule has 0 bridgehead atoms. The zero-order valence-corrected chi connectivity index (χ0v) is 15.6. The maximum absolute atomic E-state index is 12.9. The highest BCUT2D eigenvalue weighted by Gasteiger charge is 2.31. The van der Waals surface area contributed by atoms with Crippen molar-refractivity contribution < 1.29 is 18.0 Å². The molecule has 29 heavy (non-hydrogen) atoms. The Morgan fingerprint density at radius 2 is 1.83 bits per heavy atom. The van der Waals surface area contributed by atoms with Gasteiger partial charge in [0, 0.05) is 19.6 Å². The lowest BCUT2D eigenvalue weighted by atomic mass is 10.1. The first-order valence-corrected chi connectivity index (χ1v) is 9.40. The number of amides is 2. The van der Waals surface area contributed by atoms with Gasteiger partial charge in [0.15, 0.2) is 0 Å². The number of carbonyl (C=O) groups excluding carboxylic acids is 1. The number of fused-ring (bicyclic) bond motifs is 1. The summed E-state index contributed by atoms with van der Waals surface area (Å²) >= 11 is 0. The van der Waals surface area contributed by atoms with Gasteiger partial charge in [0.2, 0.25) is 0 Å². The molecule has 1 N–H and O–H groups in total. The maximum atomic E-state index is 12.9. The second kappa shape index (κ2) is 7.73. The molecule has 2 heterocycles. The zero-order chi connectivity index (χ0) is 20.4. The summed E-state index contributed by atoms with van der Waals surface area (Å²) in [6.07, 6.45) is -3.08. The lowest BCUT2D eigenvalue weighted by Crippen LogP contribution is -2.44. The normalized spacial score (nSPS) is 15.6. The number of halogens is 3. The van der Waals surface area contributed by atoms with Gasteiger partial charge in [-0.05, 0) is 36.6 Å². The van der Waals surface area contributed by atoms with Crippen LogP contribution in [0.4, 0.5) is 18.0 Å². The first kappa shape index (κ1) is 19.2. The van der Waals surface area contributed by atoms with Crippen LogP contribution in [0.5, 0.6) is 0 Å². The fourth-order valence-corrected chi connectivity index (χ4v) is 3.59. The molecule has 2 aromatic carbocycles. The van der Waals surface area contributed by atoms with Crippen LogP contribution in [0.15, 0.2) is 48.5 Å². The van der Waals surface area contributed by atoms with Crippen molar-refractivity contribution in [2.45, 2.75) is 31.6 Å². The van der Waals surface area contributed by atoms with Gasteiger partial charge in [-0.2, -0.15) is 13.2 Å². The first-order chi connectivity index (χ1) is 13.9. The summed E-state index contributed by atoms with van der Waals surface area (Å²) in [6, 6.07) is 13.0. The Balaban J connectivity index is 1.37. The number of hydrogen-bond donors (Lipinski definition) is 1.